The Balaban J connectivity index is 1.81. The number of primary amides is 1. The minimum Gasteiger partial charge on any atom is -0.484 e. The number of ether oxygens (including phenoxy) is 1. The van der Waals surface area contributed by atoms with Gasteiger partial charge >= 0.3 is 0 Å². The van der Waals surface area contributed by atoms with E-state index in [9.17, 15) is 10.1 Å². The predicted octanol–water partition coefficient (Wildman–Crippen LogP) is 5.05. The molecule has 0 spiro atoms. The van der Waals surface area contributed by atoms with Gasteiger partial charge in [0, 0.05) is 10.9 Å². The van der Waals surface area contributed by atoms with Crippen LogP contribution in [0.2, 0.25) is 10.0 Å². The zero-order valence-electron chi connectivity index (χ0n) is 14.4. The molecule has 1 heterocycles. The van der Waals surface area contributed by atoms with Crippen molar-refractivity contribution in [3.63, 3.8) is 0 Å². The Bertz CT molecular complexity index is 1090. The van der Waals surface area contributed by atoms with Crippen LogP contribution in [0.15, 0.2) is 47.8 Å². The van der Waals surface area contributed by atoms with Gasteiger partial charge in [-0.2, -0.15) is 5.26 Å². The highest BCUT2D eigenvalue weighted by Crippen LogP contribution is 2.31. The second-order valence-corrected chi connectivity index (χ2v) is 7.33. The van der Waals surface area contributed by atoms with E-state index in [4.69, 9.17) is 33.7 Å². The Morgan fingerprint density at radius 3 is 2.61 bits per heavy atom. The van der Waals surface area contributed by atoms with Crippen molar-refractivity contribution in [2.75, 3.05) is 6.61 Å². The summed E-state index contributed by atoms with van der Waals surface area (Å²) >= 11 is 13.4. The molecule has 1 amide bonds. The predicted molar refractivity (Wildman–Crippen MR) is 112 cm³/mol. The van der Waals surface area contributed by atoms with Crippen molar-refractivity contribution in [3.05, 3.63) is 68.5 Å². The van der Waals surface area contributed by atoms with Crippen LogP contribution in [0.25, 0.3) is 22.9 Å². The molecule has 3 rings (SSSR count). The number of carbonyl (C=O) groups is 1. The number of thiazole rings is 1. The number of aromatic nitrogens is 1. The quantitative estimate of drug-likeness (QED) is 0.555. The van der Waals surface area contributed by atoms with Crippen LogP contribution < -0.4 is 10.5 Å². The summed E-state index contributed by atoms with van der Waals surface area (Å²) < 4.78 is 5.22. The third-order valence-electron chi connectivity index (χ3n) is 3.64. The number of hydrogen-bond acceptors (Lipinski definition) is 5. The Kier molecular flexibility index (Phi) is 6.32. The molecule has 0 aliphatic heterocycles. The van der Waals surface area contributed by atoms with Gasteiger partial charge in [-0.25, -0.2) is 4.98 Å². The molecular weight excluding hydrogens is 417 g/mol. The Labute approximate surface area is 175 Å². The molecule has 28 heavy (non-hydrogen) atoms. The summed E-state index contributed by atoms with van der Waals surface area (Å²) in [7, 11) is 0. The van der Waals surface area contributed by atoms with E-state index in [2.05, 4.69) is 11.1 Å². The average Bonchev–Trinajstić information content (AvgIpc) is 3.17. The zero-order valence-corrected chi connectivity index (χ0v) is 16.7. The first-order valence-corrected chi connectivity index (χ1v) is 9.64. The highest BCUT2D eigenvalue weighted by atomic mass is 35.5. The van der Waals surface area contributed by atoms with Gasteiger partial charge in [-0.3, -0.25) is 4.79 Å². The van der Waals surface area contributed by atoms with Crippen LogP contribution in [0, 0.1) is 11.3 Å². The van der Waals surface area contributed by atoms with E-state index in [-0.39, 0.29) is 6.61 Å². The van der Waals surface area contributed by atoms with E-state index in [1.165, 1.54) is 11.3 Å². The maximum Gasteiger partial charge on any atom is 0.255 e. The first-order chi connectivity index (χ1) is 13.5. The van der Waals surface area contributed by atoms with E-state index >= 15 is 0 Å². The number of rotatable bonds is 6. The summed E-state index contributed by atoms with van der Waals surface area (Å²) in [5.74, 6) is -0.0251. The highest BCUT2D eigenvalue weighted by molar-refractivity contribution is 7.11. The Morgan fingerprint density at radius 2 is 1.96 bits per heavy atom. The third-order valence-corrected chi connectivity index (χ3v) is 5.26. The molecule has 0 bridgehead atoms. The highest BCUT2D eigenvalue weighted by Gasteiger charge is 2.10. The summed E-state index contributed by atoms with van der Waals surface area (Å²) in [5, 5.41) is 12.9. The third kappa shape index (κ3) is 4.90. The van der Waals surface area contributed by atoms with Crippen molar-refractivity contribution in [1.82, 2.24) is 4.98 Å². The van der Waals surface area contributed by atoms with Gasteiger partial charge in [0.2, 0.25) is 0 Å². The van der Waals surface area contributed by atoms with Gasteiger partial charge in [-0.15, -0.1) is 11.3 Å². The van der Waals surface area contributed by atoms with Crippen molar-refractivity contribution in [2.45, 2.75) is 0 Å². The molecular formula is C20H13Cl2N3O2S. The molecule has 2 N–H and O–H groups in total. The van der Waals surface area contributed by atoms with Crippen molar-refractivity contribution >= 4 is 52.1 Å². The molecule has 0 saturated carbocycles. The fourth-order valence-corrected chi connectivity index (χ4v) is 3.40. The molecule has 0 unspecified atom stereocenters. The summed E-state index contributed by atoms with van der Waals surface area (Å²) in [6.07, 6.45) is 1.73. The van der Waals surface area contributed by atoms with Crippen LogP contribution in [-0.4, -0.2) is 17.5 Å². The summed E-state index contributed by atoms with van der Waals surface area (Å²) in [4.78, 5) is 15.3. The molecule has 0 atom stereocenters. The number of amides is 1. The smallest absolute Gasteiger partial charge is 0.255 e. The van der Waals surface area contributed by atoms with Crippen LogP contribution in [0.3, 0.4) is 0 Å². The van der Waals surface area contributed by atoms with Crippen molar-refractivity contribution in [2.24, 2.45) is 5.73 Å². The molecule has 0 fully saturated rings. The molecule has 0 aliphatic carbocycles. The second kappa shape index (κ2) is 8.89. The lowest BCUT2D eigenvalue weighted by Crippen LogP contribution is -2.19. The number of nitrogens with zero attached hydrogens (tertiary/aromatic N) is 2. The van der Waals surface area contributed by atoms with Gasteiger partial charge in [0.1, 0.15) is 16.8 Å². The van der Waals surface area contributed by atoms with Crippen LogP contribution in [0.4, 0.5) is 0 Å². The Morgan fingerprint density at radius 1 is 1.21 bits per heavy atom. The molecule has 2 aromatic carbocycles. The van der Waals surface area contributed by atoms with Gasteiger partial charge in [0.05, 0.1) is 21.3 Å². The second-order valence-electron chi connectivity index (χ2n) is 5.66. The molecule has 8 heteroatoms. The van der Waals surface area contributed by atoms with Crippen LogP contribution in [0.5, 0.6) is 5.75 Å². The van der Waals surface area contributed by atoms with E-state index in [0.717, 1.165) is 16.8 Å². The monoisotopic (exact) mass is 429 g/mol. The summed E-state index contributed by atoms with van der Waals surface area (Å²) in [6, 6.07) is 14.4. The van der Waals surface area contributed by atoms with Crippen molar-refractivity contribution in [1.29, 1.82) is 5.26 Å². The van der Waals surface area contributed by atoms with Gasteiger partial charge in [-0.05, 0) is 35.9 Å². The molecule has 5 nitrogen and oxygen atoms in total. The minimum atomic E-state index is -0.544. The standard InChI is InChI=1S/C20H13Cl2N3O2S/c21-16-6-3-13(8-17(16)22)18-11-28-20(25-18)14(9-23)7-12-1-4-15(5-2-12)27-10-19(24)26/h1-8,11H,10H2,(H2,24,26)/b14-7+. The number of halogens is 2. The largest absolute Gasteiger partial charge is 0.484 e. The number of allylic oxidation sites excluding steroid dienone is 1. The normalized spacial score (nSPS) is 11.1. The lowest BCUT2D eigenvalue weighted by atomic mass is 10.1. The van der Waals surface area contributed by atoms with Crippen LogP contribution in [-0.2, 0) is 4.79 Å². The van der Waals surface area contributed by atoms with E-state index in [1.807, 2.05) is 11.4 Å². The van der Waals surface area contributed by atoms with E-state index < -0.39 is 5.91 Å². The van der Waals surface area contributed by atoms with Gasteiger partial charge in [0.15, 0.2) is 6.61 Å². The number of benzene rings is 2. The first kappa shape index (κ1) is 19.9. The fraction of sp³-hybridized carbons (Fsp3) is 0.0500. The molecule has 140 valence electrons. The van der Waals surface area contributed by atoms with Crippen LogP contribution >= 0.6 is 34.5 Å². The van der Waals surface area contributed by atoms with E-state index in [0.29, 0.717) is 26.4 Å². The zero-order chi connectivity index (χ0) is 20.1. The SMILES string of the molecule is N#C/C(=C\c1ccc(OCC(N)=O)cc1)c1nc(-c2ccc(Cl)c(Cl)c2)cs1. The number of nitriles is 1. The maximum absolute atomic E-state index is 10.8. The molecule has 0 saturated heterocycles. The molecule has 1 aromatic heterocycles. The lowest BCUT2D eigenvalue weighted by molar-refractivity contribution is -0.119. The lowest BCUT2D eigenvalue weighted by Gasteiger charge is -2.03. The summed E-state index contributed by atoms with van der Waals surface area (Å²) in [6.45, 7) is -0.185. The minimum absolute atomic E-state index is 0.185. The number of carbonyl (C=O) groups excluding carboxylic acids is 1. The van der Waals surface area contributed by atoms with Gasteiger partial charge in [0.25, 0.3) is 5.91 Å². The first-order valence-electron chi connectivity index (χ1n) is 8.00. The number of nitrogens with two attached hydrogens (primary N) is 1. The Hall–Kier alpha value is -2.85. The topological polar surface area (TPSA) is 89.0 Å². The molecule has 0 radical (unpaired) electrons. The van der Waals surface area contributed by atoms with Crippen LogP contribution in [0.1, 0.15) is 10.6 Å². The summed E-state index contributed by atoms with van der Waals surface area (Å²) in [5.41, 5.74) is 7.82. The fourth-order valence-electron chi connectivity index (χ4n) is 2.31. The number of hydrogen-bond donors (Lipinski definition) is 1. The molecule has 3 aromatic rings. The average molecular weight is 430 g/mol. The van der Waals surface area contributed by atoms with E-state index in [1.54, 1.807) is 42.5 Å². The van der Waals surface area contributed by atoms with Gasteiger partial charge in [-0.1, -0.05) is 41.4 Å². The molecule has 0 aliphatic rings. The van der Waals surface area contributed by atoms with Crippen molar-refractivity contribution < 1.29 is 9.53 Å². The maximum atomic E-state index is 10.8. The van der Waals surface area contributed by atoms with Crippen molar-refractivity contribution in [3.8, 4) is 23.1 Å². The van der Waals surface area contributed by atoms with Gasteiger partial charge < -0.3 is 10.5 Å².